The fourth-order valence-electron chi connectivity index (χ4n) is 1.89. The fraction of sp³-hybridized carbons (Fsp3) is 0.235. The quantitative estimate of drug-likeness (QED) is 0.874. The third kappa shape index (κ3) is 4.65. The molecule has 0 unspecified atom stereocenters. The van der Waals surface area contributed by atoms with Gasteiger partial charge < -0.3 is 10.1 Å². The first-order valence-corrected chi connectivity index (χ1v) is 7.60. The smallest absolute Gasteiger partial charge is 0.263 e. The van der Waals surface area contributed by atoms with E-state index < -0.39 is 5.60 Å². The summed E-state index contributed by atoms with van der Waals surface area (Å²) in [5.74, 6) is 0.384. The molecule has 2 rings (SSSR count). The van der Waals surface area contributed by atoms with Crippen molar-refractivity contribution in [2.75, 3.05) is 0 Å². The second-order valence-corrected chi connectivity index (χ2v) is 6.25. The number of hydrogen-bond donors (Lipinski definition) is 1. The van der Waals surface area contributed by atoms with Crippen LogP contribution in [0.25, 0.3) is 0 Å². The van der Waals surface area contributed by atoms with Crippen molar-refractivity contribution >= 4 is 29.1 Å². The largest absolute Gasteiger partial charge is 0.478 e. The van der Waals surface area contributed by atoms with E-state index in [0.29, 0.717) is 22.3 Å². The van der Waals surface area contributed by atoms with Gasteiger partial charge in [-0.1, -0.05) is 35.3 Å². The molecule has 0 bridgehead atoms. The van der Waals surface area contributed by atoms with Gasteiger partial charge in [-0.15, -0.1) is 0 Å². The predicted octanol–water partition coefficient (Wildman–Crippen LogP) is 4.47. The zero-order chi connectivity index (χ0) is 16.2. The van der Waals surface area contributed by atoms with Crippen molar-refractivity contribution < 1.29 is 9.53 Å². The van der Waals surface area contributed by atoms with Crippen LogP contribution in [0.15, 0.2) is 48.5 Å². The monoisotopic (exact) mass is 337 g/mol. The number of nitrogens with one attached hydrogen (secondary N) is 1. The van der Waals surface area contributed by atoms with Gasteiger partial charge in [0.05, 0.1) is 0 Å². The minimum Gasteiger partial charge on any atom is -0.478 e. The van der Waals surface area contributed by atoms with Crippen LogP contribution in [-0.2, 0) is 11.3 Å². The van der Waals surface area contributed by atoms with Crippen LogP contribution < -0.4 is 10.1 Å². The number of carbonyl (C=O) groups is 1. The maximum Gasteiger partial charge on any atom is 0.263 e. The summed E-state index contributed by atoms with van der Waals surface area (Å²) in [6, 6.07) is 14.3. The summed E-state index contributed by atoms with van der Waals surface area (Å²) in [7, 11) is 0. The van der Waals surface area contributed by atoms with Gasteiger partial charge in [-0.2, -0.15) is 0 Å². The summed E-state index contributed by atoms with van der Waals surface area (Å²) in [4.78, 5) is 12.3. The third-order valence-corrected chi connectivity index (χ3v) is 3.56. The van der Waals surface area contributed by atoms with Gasteiger partial charge >= 0.3 is 0 Å². The molecule has 2 aromatic carbocycles. The summed E-state index contributed by atoms with van der Waals surface area (Å²) in [6.07, 6.45) is 0. The Bertz CT molecular complexity index is 654. The first-order valence-electron chi connectivity index (χ1n) is 6.84. The van der Waals surface area contributed by atoms with Crippen molar-refractivity contribution in [2.45, 2.75) is 26.0 Å². The Labute approximate surface area is 140 Å². The highest BCUT2D eigenvalue weighted by atomic mass is 35.5. The summed E-state index contributed by atoms with van der Waals surface area (Å²) in [6.45, 7) is 3.83. The van der Waals surface area contributed by atoms with Gasteiger partial charge in [0.15, 0.2) is 5.60 Å². The van der Waals surface area contributed by atoms with Crippen LogP contribution in [0.3, 0.4) is 0 Å². The minimum absolute atomic E-state index is 0.206. The lowest BCUT2D eigenvalue weighted by molar-refractivity contribution is -0.134. The van der Waals surface area contributed by atoms with Crippen LogP contribution >= 0.6 is 23.2 Å². The maximum atomic E-state index is 12.3. The fourth-order valence-corrected chi connectivity index (χ4v) is 2.22. The summed E-state index contributed by atoms with van der Waals surface area (Å²) in [5.41, 5.74) is -0.0602. The van der Waals surface area contributed by atoms with E-state index in [1.807, 2.05) is 18.2 Å². The minimum atomic E-state index is -0.994. The molecule has 22 heavy (non-hydrogen) atoms. The standard InChI is InChI=1S/C17H17Cl2NO2/c1-17(2,22-15-8-6-13(18)7-9-15)16(21)20-11-12-4-3-5-14(19)10-12/h3-10H,11H2,1-2H3,(H,20,21). The zero-order valence-electron chi connectivity index (χ0n) is 12.4. The lowest BCUT2D eigenvalue weighted by Crippen LogP contribution is -2.46. The Morgan fingerprint density at radius 2 is 1.77 bits per heavy atom. The molecule has 0 atom stereocenters. The Morgan fingerprint density at radius 1 is 1.09 bits per heavy atom. The summed E-state index contributed by atoms with van der Waals surface area (Å²) in [5, 5.41) is 4.11. The normalized spacial score (nSPS) is 11.1. The van der Waals surface area contributed by atoms with E-state index in [1.165, 1.54) is 0 Å². The van der Waals surface area contributed by atoms with Crippen molar-refractivity contribution in [1.29, 1.82) is 0 Å². The Kier molecular flexibility index (Phi) is 5.33. The van der Waals surface area contributed by atoms with Crippen LogP contribution in [0, 0.1) is 0 Å². The number of ether oxygens (including phenoxy) is 1. The first kappa shape index (κ1) is 16.7. The van der Waals surface area contributed by atoms with Crippen molar-refractivity contribution in [3.05, 3.63) is 64.1 Å². The number of halogens is 2. The first-order chi connectivity index (χ1) is 10.4. The number of amides is 1. The number of hydrogen-bond acceptors (Lipinski definition) is 2. The average Bonchev–Trinajstić information content (AvgIpc) is 2.47. The van der Waals surface area contributed by atoms with E-state index in [4.69, 9.17) is 27.9 Å². The van der Waals surface area contributed by atoms with Gasteiger partial charge in [0.1, 0.15) is 5.75 Å². The van der Waals surface area contributed by atoms with Gasteiger partial charge in [0.25, 0.3) is 5.91 Å². The molecule has 0 aliphatic carbocycles. The van der Waals surface area contributed by atoms with E-state index in [0.717, 1.165) is 5.56 Å². The average molecular weight is 338 g/mol. The van der Waals surface area contributed by atoms with Gasteiger partial charge in [-0.25, -0.2) is 0 Å². The van der Waals surface area contributed by atoms with Crippen LogP contribution in [-0.4, -0.2) is 11.5 Å². The van der Waals surface area contributed by atoms with Gasteiger partial charge in [-0.3, -0.25) is 4.79 Å². The molecule has 3 nitrogen and oxygen atoms in total. The highest BCUT2D eigenvalue weighted by molar-refractivity contribution is 6.30. The number of rotatable bonds is 5. The maximum absolute atomic E-state index is 12.3. The molecule has 1 N–H and O–H groups in total. The molecule has 0 aliphatic rings. The Balaban J connectivity index is 1.96. The van der Waals surface area contributed by atoms with Crippen LogP contribution in [0.2, 0.25) is 10.0 Å². The molecular formula is C17H17Cl2NO2. The van der Waals surface area contributed by atoms with E-state index in [9.17, 15) is 4.79 Å². The molecule has 0 aliphatic heterocycles. The lowest BCUT2D eigenvalue weighted by atomic mass is 10.1. The van der Waals surface area contributed by atoms with E-state index in [-0.39, 0.29) is 5.91 Å². The number of carbonyl (C=O) groups excluding carboxylic acids is 1. The molecule has 0 saturated heterocycles. The highest BCUT2D eigenvalue weighted by Gasteiger charge is 2.29. The van der Waals surface area contributed by atoms with Gasteiger partial charge in [0.2, 0.25) is 0 Å². The van der Waals surface area contributed by atoms with Crippen molar-refractivity contribution in [3.8, 4) is 5.75 Å². The molecule has 0 spiro atoms. The molecule has 2 aromatic rings. The summed E-state index contributed by atoms with van der Waals surface area (Å²) >= 11 is 11.8. The van der Waals surface area contributed by atoms with Crippen molar-refractivity contribution in [3.63, 3.8) is 0 Å². The number of benzene rings is 2. The van der Waals surface area contributed by atoms with Crippen molar-refractivity contribution in [2.24, 2.45) is 0 Å². The predicted molar refractivity (Wildman–Crippen MR) is 89.5 cm³/mol. The Morgan fingerprint density at radius 3 is 2.41 bits per heavy atom. The SMILES string of the molecule is CC(C)(Oc1ccc(Cl)cc1)C(=O)NCc1cccc(Cl)c1. The lowest BCUT2D eigenvalue weighted by Gasteiger charge is -2.25. The topological polar surface area (TPSA) is 38.3 Å². The van der Waals surface area contributed by atoms with E-state index >= 15 is 0 Å². The van der Waals surface area contributed by atoms with E-state index in [1.54, 1.807) is 44.2 Å². The molecule has 116 valence electrons. The second kappa shape index (κ2) is 7.03. The summed E-state index contributed by atoms with van der Waals surface area (Å²) < 4.78 is 5.73. The van der Waals surface area contributed by atoms with Crippen molar-refractivity contribution in [1.82, 2.24) is 5.32 Å². The molecule has 5 heteroatoms. The van der Waals surface area contributed by atoms with Crippen LogP contribution in [0.4, 0.5) is 0 Å². The molecule has 0 saturated carbocycles. The Hall–Kier alpha value is -1.71. The van der Waals surface area contributed by atoms with Crippen LogP contribution in [0.1, 0.15) is 19.4 Å². The highest BCUT2D eigenvalue weighted by Crippen LogP contribution is 2.21. The molecule has 1 amide bonds. The van der Waals surface area contributed by atoms with Gasteiger partial charge in [-0.05, 0) is 55.8 Å². The third-order valence-electron chi connectivity index (χ3n) is 3.08. The second-order valence-electron chi connectivity index (χ2n) is 5.38. The van der Waals surface area contributed by atoms with Crippen LogP contribution in [0.5, 0.6) is 5.75 Å². The van der Waals surface area contributed by atoms with E-state index in [2.05, 4.69) is 5.32 Å². The molecule has 0 aromatic heterocycles. The molecular weight excluding hydrogens is 321 g/mol. The molecule has 0 radical (unpaired) electrons. The molecule has 0 heterocycles. The zero-order valence-corrected chi connectivity index (χ0v) is 13.9. The van der Waals surface area contributed by atoms with Gasteiger partial charge in [0, 0.05) is 16.6 Å². The molecule has 0 fully saturated rings.